The molecule has 0 aliphatic rings. The molecule has 0 aliphatic heterocycles. The lowest BCUT2D eigenvalue weighted by Crippen LogP contribution is -1.89. The van der Waals surface area contributed by atoms with Crippen molar-refractivity contribution in [3.8, 4) is 22.4 Å². The van der Waals surface area contributed by atoms with Crippen LogP contribution in [0.5, 0.6) is 0 Å². The van der Waals surface area contributed by atoms with E-state index in [1.165, 1.54) is 12.1 Å². The Morgan fingerprint density at radius 1 is 1.20 bits per heavy atom. The number of nitrogen functional groups attached to an aromatic ring is 1. The summed E-state index contributed by atoms with van der Waals surface area (Å²) in [7, 11) is 0. The molecule has 0 radical (unpaired) electrons. The fraction of sp³-hybridized carbons (Fsp3) is 0. The van der Waals surface area contributed by atoms with Crippen molar-refractivity contribution in [1.29, 1.82) is 0 Å². The van der Waals surface area contributed by atoms with E-state index in [1.807, 2.05) is 6.07 Å². The summed E-state index contributed by atoms with van der Waals surface area (Å²) in [6, 6.07) is 7.94. The zero-order valence-corrected chi connectivity index (χ0v) is 10.9. The van der Waals surface area contributed by atoms with E-state index in [4.69, 9.17) is 21.9 Å². The molecule has 0 atom stereocenters. The Labute approximate surface area is 119 Å². The van der Waals surface area contributed by atoms with Gasteiger partial charge in [-0.05, 0) is 24.3 Å². The monoisotopic (exact) mass is 289 g/mol. The highest BCUT2D eigenvalue weighted by molar-refractivity contribution is 6.31. The zero-order chi connectivity index (χ0) is 14.1. The van der Waals surface area contributed by atoms with Crippen molar-refractivity contribution in [1.82, 2.24) is 10.1 Å². The number of nitrogens with zero attached hydrogens (tertiary/aromatic N) is 2. The number of anilines is 1. The molecule has 2 N–H and O–H groups in total. The maximum Gasteiger partial charge on any atom is 0.230 e. The first-order chi connectivity index (χ1) is 9.66. The summed E-state index contributed by atoms with van der Waals surface area (Å²) in [6.07, 6.45) is 3.30. The van der Waals surface area contributed by atoms with Crippen molar-refractivity contribution in [2.45, 2.75) is 0 Å². The molecule has 2 aromatic heterocycles. The van der Waals surface area contributed by atoms with Gasteiger partial charge in [0, 0.05) is 23.5 Å². The molecular formula is C14H9ClFN3O. The largest absolute Gasteiger partial charge is 0.367 e. The molecule has 100 valence electrons. The van der Waals surface area contributed by atoms with Gasteiger partial charge >= 0.3 is 0 Å². The zero-order valence-electron chi connectivity index (χ0n) is 10.2. The average Bonchev–Trinajstić information content (AvgIpc) is 2.85. The lowest BCUT2D eigenvalue weighted by molar-refractivity contribution is 0.439. The van der Waals surface area contributed by atoms with Gasteiger partial charge in [-0.3, -0.25) is 4.98 Å². The molecule has 2 heterocycles. The van der Waals surface area contributed by atoms with Crippen LogP contribution in [-0.2, 0) is 0 Å². The van der Waals surface area contributed by atoms with E-state index in [0.29, 0.717) is 16.8 Å². The third-order valence-electron chi connectivity index (χ3n) is 2.86. The molecule has 0 saturated heterocycles. The Bertz CT molecular complexity index is 758. The van der Waals surface area contributed by atoms with Crippen molar-refractivity contribution >= 4 is 17.5 Å². The third kappa shape index (κ3) is 2.12. The first-order valence-electron chi connectivity index (χ1n) is 5.78. The van der Waals surface area contributed by atoms with Crippen molar-refractivity contribution in [3.63, 3.8) is 0 Å². The smallest absolute Gasteiger partial charge is 0.230 e. The van der Waals surface area contributed by atoms with Crippen molar-refractivity contribution in [2.75, 3.05) is 5.73 Å². The quantitative estimate of drug-likeness (QED) is 0.780. The molecule has 0 fully saturated rings. The SMILES string of the molecule is Nc1onc(-c2ccc(F)c(Cl)c2)c1-c1cccnc1. The molecule has 0 amide bonds. The van der Waals surface area contributed by atoms with E-state index < -0.39 is 5.82 Å². The first-order valence-corrected chi connectivity index (χ1v) is 6.15. The number of aromatic nitrogens is 2. The molecule has 0 aliphatic carbocycles. The number of nitrogens with two attached hydrogens (primary N) is 1. The summed E-state index contributed by atoms with van der Waals surface area (Å²) < 4.78 is 18.3. The van der Waals surface area contributed by atoms with Gasteiger partial charge in [-0.1, -0.05) is 22.8 Å². The van der Waals surface area contributed by atoms with Gasteiger partial charge in [0.25, 0.3) is 0 Å². The molecule has 3 aromatic rings. The van der Waals surface area contributed by atoms with E-state index in [0.717, 1.165) is 5.56 Å². The lowest BCUT2D eigenvalue weighted by Gasteiger charge is -2.03. The molecule has 20 heavy (non-hydrogen) atoms. The van der Waals surface area contributed by atoms with E-state index in [2.05, 4.69) is 10.1 Å². The average molecular weight is 290 g/mol. The number of hydrogen-bond acceptors (Lipinski definition) is 4. The van der Waals surface area contributed by atoms with E-state index in [9.17, 15) is 4.39 Å². The van der Waals surface area contributed by atoms with Gasteiger partial charge in [0.05, 0.1) is 10.6 Å². The van der Waals surface area contributed by atoms with Gasteiger partial charge in [0.15, 0.2) is 0 Å². The molecule has 1 aromatic carbocycles. The van der Waals surface area contributed by atoms with E-state index in [1.54, 1.807) is 24.5 Å². The number of benzene rings is 1. The molecular weight excluding hydrogens is 281 g/mol. The maximum absolute atomic E-state index is 13.2. The number of halogens is 2. The molecule has 0 saturated carbocycles. The molecule has 4 nitrogen and oxygen atoms in total. The summed E-state index contributed by atoms with van der Waals surface area (Å²) in [5.74, 6) is -0.316. The normalized spacial score (nSPS) is 10.7. The predicted octanol–water partition coefficient (Wildman–Crippen LogP) is 3.78. The van der Waals surface area contributed by atoms with Crippen LogP contribution in [-0.4, -0.2) is 10.1 Å². The minimum atomic E-state index is -0.491. The second-order valence-electron chi connectivity index (χ2n) is 4.14. The lowest BCUT2D eigenvalue weighted by atomic mass is 10.0. The standard InChI is InChI=1S/C14H9ClFN3O/c15-10-6-8(3-4-11(10)16)13-12(14(17)20-19-13)9-2-1-5-18-7-9/h1-7H,17H2. The van der Waals surface area contributed by atoms with Crippen LogP contribution >= 0.6 is 11.6 Å². The second-order valence-corrected chi connectivity index (χ2v) is 4.55. The minimum Gasteiger partial charge on any atom is -0.367 e. The summed E-state index contributed by atoms with van der Waals surface area (Å²) in [4.78, 5) is 4.04. The number of rotatable bonds is 2. The molecule has 6 heteroatoms. The van der Waals surface area contributed by atoms with Gasteiger partial charge in [-0.15, -0.1) is 0 Å². The highest BCUT2D eigenvalue weighted by atomic mass is 35.5. The molecule has 0 bridgehead atoms. The Hall–Kier alpha value is -2.40. The second kappa shape index (κ2) is 4.94. The Kier molecular flexibility index (Phi) is 3.12. The summed E-state index contributed by atoms with van der Waals surface area (Å²) >= 11 is 5.79. The van der Waals surface area contributed by atoms with Gasteiger partial charge in [0.1, 0.15) is 11.5 Å². The highest BCUT2D eigenvalue weighted by Crippen LogP contribution is 2.36. The summed E-state index contributed by atoms with van der Waals surface area (Å²) in [5, 5.41) is 3.94. The molecule has 0 spiro atoms. The number of hydrogen-bond donors (Lipinski definition) is 1. The summed E-state index contributed by atoms with van der Waals surface area (Å²) in [5.41, 5.74) is 8.31. The third-order valence-corrected chi connectivity index (χ3v) is 3.15. The van der Waals surface area contributed by atoms with Gasteiger partial charge < -0.3 is 10.3 Å². The Balaban J connectivity index is 2.18. The van der Waals surface area contributed by atoms with Crippen LogP contribution in [0.15, 0.2) is 47.2 Å². The van der Waals surface area contributed by atoms with Gasteiger partial charge in [-0.2, -0.15) is 0 Å². The predicted molar refractivity (Wildman–Crippen MR) is 74.6 cm³/mol. The van der Waals surface area contributed by atoms with Crippen LogP contribution in [0, 0.1) is 5.82 Å². The highest BCUT2D eigenvalue weighted by Gasteiger charge is 2.18. The van der Waals surface area contributed by atoms with Crippen LogP contribution < -0.4 is 5.73 Å². The maximum atomic E-state index is 13.2. The van der Waals surface area contributed by atoms with E-state index in [-0.39, 0.29) is 10.9 Å². The molecule has 3 rings (SSSR count). The fourth-order valence-electron chi connectivity index (χ4n) is 1.93. The summed E-state index contributed by atoms with van der Waals surface area (Å²) in [6.45, 7) is 0. The number of pyridine rings is 1. The van der Waals surface area contributed by atoms with E-state index >= 15 is 0 Å². The minimum absolute atomic E-state index is 0.0150. The van der Waals surface area contributed by atoms with Gasteiger partial charge in [-0.25, -0.2) is 4.39 Å². The van der Waals surface area contributed by atoms with Crippen LogP contribution in [0.4, 0.5) is 10.3 Å². The van der Waals surface area contributed by atoms with Crippen LogP contribution in [0.3, 0.4) is 0 Å². The van der Waals surface area contributed by atoms with Crippen molar-refractivity contribution in [3.05, 3.63) is 53.6 Å². The van der Waals surface area contributed by atoms with Crippen molar-refractivity contribution < 1.29 is 8.91 Å². The van der Waals surface area contributed by atoms with Crippen LogP contribution in [0.2, 0.25) is 5.02 Å². The van der Waals surface area contributed by atoms with Crippen LogP contribution in [0.1, 0.15) is 0 Å². The Morgan fingerprint density at radius 2 is 2.05 bits per heavy atom. The molecule has 0 unspecified atom stereocenters. The van der Waals surface area contributed by atoms with Crippen molar-refractivity contribution in [2.24, 2.45) is 0 Å². The van der Waals surface area contributed by atoms with Crippen LogP contribution in [0.25, 0.3) is 22.4 Å². The Morgan fingerprint density at radius 3 is 2.75 bits per heavy atom. The first kappa shape index (κ1) is 12.6. The fourth-order valence-corrected chi connectivity index (χ4v) is 2.11. The van der Waals surface area contributed by atoms with Gasteiger partial charge in [0.2, 0.25) is 5.88 Å². The topological polar surface area (TPSA) is 64.9 Å².